The van der Waals surface area contributed by atoms with E-state index in [-0.39, 0.29) is 17.9 Å². The summed E-state index contributed by atoms with van der Waals surface area (Å²) in [5.41, 5.74) is 0.810. The van der Waals surface area contributed by atoms with E-state index < -0.39 is 0 Å². The fraction of sp³-hybridized carbons (Fsp3) is 0.970. The van der Waals surface area contributed by atoms with E-state index >= 15 is 0 Å². The van der Waals surface area contributed by atoms with Crippen LogP contribution in [0.2, 0.25) is 0 Å². The van der Waals surface area contributed by atoms with Crippen molar-refractivity contribution in [2.24, 2.45) is 58.2 Å². The standard InChI is InChI=1S/C33H54O4/c1-7-20(2)16-29(34)36-24-11-13-31(5)23(17-24)8-9-25-26(31)12-14-32(6)27(25)18-28-30(32)22(4)33(37-28)15-10-21(3)19-35-33/h20-28,30H,7-19H2,1-6H3/t20-,21-,22+,23+,24-,25-,26-,27-,28+,30+,31+,32+,33+/m1/s1. The van der Waals surface area contributed by atoms with Gasteiger partial charge in [0.15, 0.2) is 5.79 Å². The van der Waals surface area contributed by atoms with E-state index in [0.717, 1.165) is 50.0 Å². The number of esters is 1. The smallest absolute Gasteiger partial charge is 0.306 e. The lowest BCUT2D eigenvalue weighted by atomic mass is 9.44. The van der Waals surface area contributed by atoms with Gasteiger partial charge in [-0.1, -0.05) is 48.0 Å². The predicted octanol–water partition coefficient (Wildman–Crippen LogP) is 7.78. The number of carbonyl (C=O) groups is 1. The van der Waals surface area contributed by atoms with Crippen LogP contribution in [-0.2, 0) is 19.0 Å². The third kappa shape index (κ3) is 4.16. The molecule has 37 heavy (non-hydrogen) atoms. The third-order valence-electron chi connectivity index (χ3n) is 13.4. The van der Waals surface area contributed by atoms with Gasteiger partial charge in [-0.2, -0.15) is 0 Å². The fourth-order valence-corrected chi connectivity index (χ4v) is 11.0. The number of carbonyl (C=O) groups excluding carboxylic acids is 1. The summed E-state index contributed by atoms with van der Waals surface area (Å²) in [6, 6.07) is 0. The van der Waals surface area contributed by atoms with Gasteiger partial charge in [0.1, 0.15) is 6.10 Å². The molecule has 6 aliphatic rings. The van der Waals surface area contributed by atoms with Crippen molar-refractivity contribution in [3.8, 4) is 0 Å². The minimum absolute atomic E-state index is 0.0332. The second-order valence-electron chi connectivity index (χ2n) is 15.3. The maximum Gasteiger partial charge on any atom is 0.306 e. The SMILES string of the molecule is CC[C@@H](C)CC(=O)O[C@@H]1CC[C@@]2(C)[C@@H](CC[C@@H]3[C@H]2CC[C@]2(C)[C@@H]4[C@H](C[C@H]32)O[C@@]2(CC[C@@H](C)CO2)[C@H]4C)C1. The predicted molar refractivity (Wildman–Crippen MR) is 146 cm³/mol. The van der Waals surface area contributed by atoms with Gasteiger partial charge in [0.05, 0.1) is 12.7 Å². The molecule has 0 aromatic carbocycles. The van der Waals surface area contributed by atoms with Crippen molar-refractivity contribution in [2.75, 3.05) is 6.61 Å². The number of ether oxygens (including phenoxy) is 3. The Balaban J connectivity index is 1.13. The molecule has 0 unspecified atom stereocenters. The Kier molecular flexibility index (Phi) is 6.83. The zero-order chi connectivity index (χ0) is 26.2. The zero-order valence-electron chi connectivity index (χ0n) is 24.6. The van der Waals surface area contributed by atoms with Gasteiger partial charge in [-0.25, -0.2) is 0 Å². The fourth-order valence-electron chi connectivity index (χ4n) is 11.0. The van der Waals surface area contributed by atoms with Crippen LogP contribution in [-0.4, -0.2) is 30.6 Å². The number of fused-ring (bicyclic) bond motifs is 7. The average Bonchev–Trinajstić information content (AvgIpc) is 3.31. The van der Waals surface area contributed by atoms with Crippen molar-refractivity contribution < 1.29 is 19.0 Å². The summed E-state index contributed by atoms with van der Waals surface area (Å²) in [7, 11) is 0. The monoisotopic (exact) mass is 514 g/mol. The lowest BCUT2D eigenvalue weighted by molar-refractivity contribution is -0.273. The van der Waals surface area contributed by atoms with Crippen molar-refractivity contribution in [3.05, 3.63) is 0 Å². The molecule has 4 nitrogen and oxygen atoms in total. The molecule has 6 fully saturated rings. The molecular weight excluding hydrogens is 460 g/mol. The molecule has 13 atom stereocenters. The molecule has 0 amide bonds. The molecule has 1 spiro atoms. The normalized spacial score (nSPS) is 53.6. The van der Waals surface area contributed by atoms with E-state index in [1.807, 2.05) is 0 Å². The minimum Gasteiger partial charge on any atom is -0.462 e. The van der Waals surface area contributed by atoms with Crippen molar-refractivity contribution in [3.63, 3.8) is 0 Å². The van der Waals surface area contributed by atoms with E-state index in [1.165, 1.54) is 44.9 Å². The van der Waals surface area contributed by atoms with E-state index in [9.17, 15) is 4.79 Å². The summed E-state index contributed by atoms with van der Waals surface area (Å²) in [6.07, 6.45) is 14.6. The molecule has 4 aliphatic carbocycles. The molecular formula is C33H54O4. The molecule has 210 valence electrons. The van der Waals surface area contributed by atoms with E-state index in [1.54, 1.807) is 0 Å². The van der Waals surface area contributed by atoms with Gasteiger partial charge in [0.2, 0.25) is 0 Å². The van der Waals surface area contributed by atoms with Gasteiger partial charge in [-0.3, -0.25) is 4.79 Å². The number of hydrogen-bond donors (Lipinski definition) is 0. The molecule has 0 bridgehead atoms. The lowest BCUT2D eigenvalue weighted by Crippen LogP contribution is -2.55. The summed E-state index contributed by atoms with van der Waals surface area (Å²) in [4.78, 5) is 12.5. The van der Waals surface area contributed by atoms with E-state index in [0.29, 0.717) is 52.9 Å². The first-order valence-corrected chi connectivity index (χ1v) is 16.1. The Morgan fingerprint density at radius 2 is 1.76 bits per heavy atom. The largest absolute Gasteiger partial charge is 0.462 e. The van der Waals surface area contributed by atoms with Crippen molar-refractivity contribution in [1.29, 1.82) is 0 Å². The lowest BCUT2D eigenvalue weighted by Gasteiger charge is -2.61. The average molecular weight is 515 g/mol. The van der Waals surface area contributed by atoms with Crippen molar-refractivity contribution in [1.82, 2.24) is 0 Å². The molecule has 6 rings (SSSR count). The summed E-state index contributed by atoms with van der Waals surface area (Å²) < 4.78 is 19.5. The van der Waals surface area contributed by atoms with Crippen LogP contribution in [0.15, 0.2) is 0 Å². The summed E-state index contributed by atoms with van der Waals surface area (Å²) in [5.74, 6) is 5.15. The molecule has 2 heterocycles. The molecule has 4 saturated carbocycles. The first-order valence-electron chi connectivity index (χ1n) is 16.1. The Bertz CT molecular complexity index is 862. The molecule has 2 saturated heterocycles. The molecule has 2 aliphatic heterocycles. The third-order valence-corrected chi connectivity index (χ3v) is 13.4. The quantitative estimate of drug-likeness (QED) is 0.359. The number of hydrogen-bond acceptors (Lipinski definition) is 4. The van der Waals surface area contributed by atoms with Gasteiger partial charge in [0, 0.05) is 18.8 Å². The maximum atomic E-state index is 12.5. The summed E-state index contributed by atoms with van der Waals surface area (Å²) in [5, 5.41) is 0. The number of rotatable bonds is 4. The van der Waals surface area contributed by atoms with E-state index in [4.69, 9.17) is 14.2 Å². The highest BCUT2D eigenvalue weighted by Crippen LogP contribution is 2.71. The van der Waals surface area contributed by atoms with Gasteiger partial charge >= 0.3 is 5.97 Å². The maximum absolute atomic E-state index is 12.5. The van der Waals surface area contributed by atoms with Crippen LogP contribution in [0.4, 0.5) is 0 Å². The highest BCUT2D eigenvalue weighted by molar-refractivity contribution is 5.69. The van der Waals surface area contributed by atoms with Crippen LogP contribution in [0.5, 0.6) is 0 Å². The molecule has 4 heteroatoms. The Labute approximate surface area is 226 Å². The highest BCUT2D eigenvalue weighted by atomic mass is 16.7. The van der Waals surface area contributed by atoms with Crippen LogP contribution in [0.25, 0.3) is 0 Å². The Morgan fingerprint density at radius 3 is 2.49 bits per heavy atom. The van der Waals surface area contributed by atoms with Gasteiger partial charge in [-0.05, 0) is 110 Å². The van der Waals surface area contributed by atoms with Gasteiger partial charge < -0.3 is 14.2 Å². The summed E-state index contributed by atoms with van der Waals surface area (Å²) in [6.45, 7) is 15.2. The van der Waals surface area contributed by atoms with E-state index in [2.05, 4.69) is 41.5 Å². The van der Waals surface area contributed by atoms with Crippen LogP contribution >= 0.6 is 0 Å². The summed E-state index contributed by atoms with van der Waals surface area (Å²) >= 11 is 0. The first-order chi connectivity index (χ1) is 17.6. The second kappa shape index (κ2) is 9.50. The topological polar surface area (TPSA) is 44.8 Å². The van der Waals surface area contributed by atoms with Crippen LogP contribution in [0.1, 0.15) is 119 Å². The zero-order valence-corrected chi connectivity index (χ0v) is 24.6. The highest BCUT2D eigenvalue weighted by Gasteiger charge is 2.69. The molecule has 0 aromatic heterocycles. The van der Waals surface area contributed by atoms with Gasteiger partial charge in [0.25, 0.3) is 0 Å². The van der Waals surface area contributed by atoms with Crippen LogP contribution in [0, 0.1) is 58.2 Å². The Morgan fingerprint density at radius 1 is 0.973 bits per heavy atom. The molecule has 0 aromatic rings. The molecule has 0 radical (unpaired) electrons. The second-order valence-corrected chi connectivity index (χ2v) is 15.3. The van der Waals surface area contributed by atoms with Crippen LogP contribution in [0.3, 0.4) is 0 Å². The molecule has 0 N–H and O–H groups in total. The minimum atomic E-state index is -0.305. The van der Waals surface area contributed by atoms with Crippen molar-refractivity contribution >= 4 is 5.97 Å². The Hall–Kier alpha value is -0.610. The van der Waals surface area contributed by atoms with Gasteiger partial charge in [-0.15, -0.1) is 0 Å². The first kappa shape index (κ1) is 26.6. The van der Waals surface area contributed by atoms with Crippen LogP contribution < -0.4 is 0 Å². The van der Waals surface area contributed by atoms with Crippen molar-refractivity contribution in [2.45, 2.75) is 137 Å².